The Balaban J connectivity index is 1.97. The summed E-state index contributed by atoms with van der Waals surface area (Å²) in [5, 5.41) is -0.284. The molecule has 1 aliphatic heterocycles. The quantitative estimate of drug-likeness (QED) is 0.815. The molecule has 1 saturated heterocycles. The van der Waals surface area contributed by atoms with E-state index in [1.807, 2.05) is 24.3 Å². The van der Waals surface area contributed by atoms with Crippen molar-refractivity contribution < 1.29 is 17.9 Å². The first-order valence-corrected chi connectivity index (χ1v) is 9.97. The van der Waals surface area contributed by atoms with Crippen LogP contribution in [0.4, 0.5) is 0 Å². The van der Waals surface area contributed by atoms with Crippen LogP contribution in [0.25, 0.3) is 0 Å². The Bertz CT molecular complexity index is 806. The fraction of sp³-hybridized carbons (Fsp3) is 0.294. The Labute approximate surface area is 146 Å². The van der Waals surface area contributed by atoms with Gasteiger partial charge in [0.1, 0.15) is 11.5 Å². The van der Waals surface area contributed by atoms with Gasteiger partial charge in [-0.15, -0.1) is 11.8 Å². The molecule has 0 bridgehead atoms. The number of hydrogen-bond acceptors (Lipinski definition) is 5. The Morgan fingerprint density at radius 2 is 1.75 bits per heavy atom. The molecule has 1 aliphatic rings. The highest BCUT2D eigenvalue weighted by atomic mass is 32.2. The average molecular weight is 365 g/mol. The second kappa shape index (κ2) is 7.04. The lowest BCUT2D eigenvalue weighted by atomic mass is 10.2. The topological polar surface area (TPSA) is 55.8 Å². The predicted octanol–water partition coefficient (Wildman–Crippen LogP) is 3.14. The second-order valence-electron chi connectivity index (χ2n) is 5.26. The molecular weight excluding hydrogens is 346 g/mol. The number of benzene rings is 2. The number of ether oxygens (including phenoxy) is 2. The molecule has 0 spiro atoms. The van der Waals surface area contributed by atoms with Crippen molar-refractivity contribution in [1.29, 1.82) is 0 Å². The highest BCUT2D eigenvalue weighted by Gasteiger charge is 2.38. The summed E-state index contributed by atoms with van der Waals surface area (Å²) in [7, 11) is -0.433. The Hall–Kier alpha value is -1.70. The zero-order chi connectivity index (χ0) is 17.2. The Kier molecular flexibility index (Phi) is 5.03. The van der Waals surface area contributed by atoms with Gasteiger partial charge in [-0.1, -0.05) is 18.2 Å². The zero-order valence-electron chi connectivity index (χ0n) is 13.5. The molecule has 3 rings (SSSR count). The zero-order valence-corrected chi connectivity index (χ0v) is 15.1. The molecular formula is C17H19NO4S2. The summed E-state index contributed by atoms with van der Waals surface area (Å²) < 4.78 is 38.1. The van der Waals surface area contributed by atoms with Crippen LogP contribution in [0, 0.1) is 0 Å². The summed E-state index contributed by atoms with van der Waals surface area (Å²) in [4.78, 5) is 0.269. The first-order chi connectivity index (χ1) is 11.6. The molecule has 1 fully saturated rings. The fourth-order valence-corrected chi connectivity index (χ4v) is 5.96. The lowest BCUT2D eigenvalue weighted by Crippen LogP contribution is -2.30. The van der Waals surface area contributed by atoms with Gasteiger partial charge in [-0.05, 0) is 30.3 Å². The molecule has 0 amide bonds. The standard InChI is InChI=1S/C17H19NO4S2/c1-21-13-7-9-14(10-8-13)24(19,20)18-11-12-23-17(18)15-5-3-4-6-16(15)22-2/h3-10,17H,11-12H2,1-2H3/t17-/m0/s1. The minimum Gasteiger partial charge on any atom is -0.497 e. The van der Waals surface area contributed by atoms with Crippen LogP contribution >= 0.6 is 11.8 Å². The van der Waals surface area contributed by atoms with E-state index in [1.165, 1.54) is 4.31 Å². The van der Waals surface area contributed by atoms with Crippen molar-refractivity contribution >= 4 is 21.8 Å². The molecule has 1 heterocycles. The number of methoxy groups -OCH3 is 2. The summed E-state index contributed by atoms with van der Waals surface area (Å²) in [5.41, 5.74) is 0.875. The summed E-state index contributed by atoms with van der Waals surface area (Å²) in [6.45, 7) is 0.474. The molecule has 1 atom stereocenters. The maximum absolute atomic E-state index is 13.0. The molecule has 5 nitrogen and oxygen atoms in total. The number of hydrogen-bond donors (Lipinski definition) is 0. The van der Waals surface area contributed by atoms with E-state index in [2.05, 4.69) is 0 Å². The first-order valence-electron chi connectivity index (χ1n) is 7.48. The maximum atomic E-state index is 13.0. The molecule has 0 saturated carbocycles. The normalized spacial score (nSPS) is 18.5. The van der Waals surface area contributed by atoms with Crippen LogP contribution in [0.15, 0.2) is 53.4 Å². The van der Waals surface area contributed by atoms with Crippen LogP contribution in [0.3, 0.4) is 0 Å². The van der Waals surface area contributed by atoms with E-state index >= 15 is 0 Å². The van der Waals surface area contributed by atoms with E-state index in [9.17, 15) is 8.42 Å². The van der Waals surface area contributed by atoms with Crippen LogP contribution in [0.2, 0.25) is 0 Å². The van der Waals surface area contributed by atoms with Gasteiger partial charge in [0.05, 0.1) is 24.5 Å². The van der Waals surface area contributed by atoms with Crippen molar-refractivity contribution in [3.05, 3.63) is 54.1 Å². The summed E-state index contributed by atoms with van der Waals surface area (Å²) >= 11 is 1.60. The molecule has 0 unspecified atom stereocenters. The number of para-hydroxylation sites is 1. The van der Waals surface area contributed by atoms with Crippen LogP contribution < -0.4 is 9.47 Å². The largest absolute Gasteiger partial charge is 0.497 e. The van der Waals surface area contributed by atoms with E-state index in [4.69, 9.17) is 9.47 Å². The van der Waals surface area contributed by atoms with E-state index in [0.29, 0.717) is 18.0 Å². The predicted molar refractivity (Wildman–Crippen MR) is 95.1 cm³/mol. The third-order valence-corrected chi connectivity index (χ3v) is 7.17. The van der Waals surface area contributed by atoms with Gasteiger partial charge in [0.2, 0.25) is 10.0 Å². The fourth-order valence-electron chi connectivity index (χ4n) is 2.70. The Morgan fingerprint density at radius 1 is 1.04 bits per heavy atom. The van der Waals surface area contributed by atoms with Crippen LogP contribution in [-0.4, -0.2) is 39.2 Å². The highest BCUT2D eigenvalue weighted by Crippen LogP contribution is 2.44. The smallest absolute Gasteiger partial charge is 0.244 e. The molecule has 0 N–H and O–H groups in total. The molecule has 0 aromatic heterocycles. The average Bonchev–Trinajstić information content (AvgIpc) is 3.12. The highest BCUT2D eigenvalue weighted by molar-refractivity contribution is 8.01. The van der Waals surface area contributed by atoms with Gasteiger partial charge in [0.15, 0.2) is 0 Å². The van der Waals surface area contributed by atoms with E-state index in [0.717, 1.165) is 11.3 Å². The van der Waals surface area contributed by atoms with Crippen molar-refractivity contribution in [3.8, 4) is 11.5 Å². The summed E-state index contributed by atoms with van der Waals surface area (Å²) in [6.07, 6.45) is 0. The van der Waals surface area contributed by atoms with E-state index in [1.54, 1.807) is 50.2 Å². The SMILES string of the molecule is COc1ccc(S(=O)(=O)N2CCS[C@H]2c2ccccc2OC)cc1. The van der Waals surface area contributed by atoms with Crippen molar-refractivity contribution in [2.24, 2.45) is 0 Å². The third kappa shape index (κ3) is 3.11. The van der Waals surface area contributed by atoms with Crippen molar-refractivity contribution in [2.45, 2.75) is 10.3 Å². The number of thioether (sulfide) groups is 1. The van der Waals surface area contributed by atoms with Gasteiger partial charge in [0, 0.05) is 17.9 Å². The van der Waals surface area contributed by atoms with Gasteiger partial charge in [-0.3, -0.25) is 0 Å². The minimum absolute atomic E-state index is 0.269. The lowest BCUT2D eigenvalue weighted by molar-refractivity contribution is 0.390. The monoisotopic (exact) mass is 365 g/mol. The van der Waals surface area contributed by atoms with Crippen LogP contribution in [-0.2, 0) is 10.0 Å². The third-order valence-electron chi connectivity index (χ3n) is 3.92. The lowest BCUT2D eigenvalue weighted by Gasteiger charge is -2.24. The second-order valence-corrected chi connectivity index (χ2v) is 8.34. The number of nitrogens with zero attached hydrogens (tertiary/aromatic N) is 1. The molecule has 7 heteroatoms. The number of rotatable bonds is 5. The van der Waals surface area contributed by atoms with Gasteiger partial charge in [-0.2, -0.15) is 4.31 Å². The molecule has 2 aromatic carbocycles. The van der Waals surface area contributed by atoms with Crippen molar-refractivity contribution in [1.82, 2.24) is 4.31 Å². The maximum Gasteiger partial charge on any atom is 0.244 e. The molecule has 0 aliphatic carbocycles. The first kappa shape index (κ1) is 17.1. The van der Waals surface area contributed by atoms with Crippen molar-refractivity contribution in [2.75, 3.05) is 26.5 Å². The van der Waals surface area contributed by atoms with Crippen LogP contribution in [0.1, 0.15) is 10.9 Å². The van der Waals surface area contributed by atoms with Crippen molar-refractivity contribution in [3.63, 3.8) is 0 Å². The van der Waals surface area contributed by atoms with Gasteiger partial charge < -0.3 is 9.47 Å². The van der Waals surface area contributed by atoms with E-state index in [-0.39, 0.29) is 10.3 Å². The molecule has 24 heavy (non-hydrogen) atoms. The molecule has 0 radical (unpaired) electrons. The summed E-state index contributed by atoms with van der Waals surface area (Å²) in [6, 6.07) is 14.0. The molecule has 2 aromatic rings. The Morgan fingerprint density at radius 3 is 2.42 bits per heavy atom. The minimum atomic E-state index is -3.58. The number of sulfonamides is 1. The van der Waals surface area contributed by atoms with Crippen LogP contribution in [0.5, 0.6) is 11.5 Å². The van der Waals surface area contributed by atoms with Gasteiger partial charge >= 0.3 is 0 Å². The van der Waals surface area contributed by atoms with Gasteiger partial charge in [-0.25, -0.2) is 8.42 Å². The van der Waals surface area contributed by atoms with E-state index < -0.39 is 10.0 Å². The van der Waals surface area contributed by atoms with Gasteiger partial charge in [0.25, 0.3) is 0 Å². The molecule has 128 valence electrons. The summed E-state index contributed by atoms with van der Waals surface area (Å²) in [5.74, 6) is 2.08.